The monoisotopic (exact) mass is 284 g/mol. The van der Waals surface area contributed by atoms with Crippen molar-refractivity contribution in [2.75, 3.05) is 6.61 Å². The van der Waals surface area contributed by atoms with Crippen molar-refractivity contribution in [2.45, 2.75) is 44.9 Å². The van der Waals surface area contributed by atoms with E-state index < -0.39 is 0 Å². The Morgan fingerprint density at radius 3 is 2.57 bits per heavy atom. The van der Waals surface area contributed by atoms with E-state index in [1.807, 2.05) is 18.2 Å². The summed E-state index contributed by atoms with van der Waals surface area (Å²) in [6, 6.07) is 10.2. The van der Waals surface area contributed by atoms with E-state index in [2.05, 4.69) is 18.2 Å². The van der Waals surface area contributed by atoms with Crippen molar-refractivity contribution in [3.63, 3.8) is 0 Å². The number of cyclic esters (lactones) is 1. The molecule has 1 aromatic rings. The third-order valence-electron chi connectivity index (χ3n) is 4.83. The molecule has 0 radical (unpaired) electrons. The Labute approximate surface area is 127 Å². The van der Waals surface area contributed by atoms with Gasteiger partial charge in [-0.15, -0.1) is 0 Å². The molecule has 2 heteroatoms. The zero-order valence-electron chi connectivity index (χ0n) is 12.6. The zero-order chi connectivity index (χ0) is 14.5. The van der Waals surface area contributed by atoms with Gasteiger partial charge in [0.15, 0.2) is 0 Å². The summed E-state index contributed by atoms with van der Waals surface area (Å²) in [6.45, 7) is 0.523. The van der Waals surface area contributed by atoms with Crippen LogP contribution in [0.4, 0.5) is 0 Å². The Morgan fingerprint density at radius 2 is 1.81 bits per heavy atom. The molecule has 1 saturated carbocycles. The fourth-order valence-electron chi connectivity index (χ4n) is 3.54. The minimum Gasteiger partial charge on any atom is -0.461 e. The molecule has 1 fully saturated rings. The number of esters is 1. The molecule has 0 spiro atoms. The highest BCUT2D eigenvalue weighted by Gasteiger charge is 2.26. The highest BCUT2D eigenvalue weighted by atomic mass is 16.5. The molecule has 0 unspecified atom stereocenters. The molecule has 0 aromatic heterocycles. The van der Waals surface area contributed by atoms with Gasteiger partial charge in [0, 0.05) is 0 Å². The first-order valence-corrected chi connectivity index (χ1v) is 8.22. The first-order chi connectivity index (χ1) is 10.3. The van der Waals surface area contributed by atoms with Gasteiger partial charge in [0.1, 0.15) is 6.61 Å². The maximum absolute atomic E-state index is 12.2. The number of carbonyl (C=O) groups is 1. The largest absolute Gasteiger partial charge is 0.461 e. The smallest absolute Gasteiger partial charge is 0.309 e. The summed E-state index contributed by atoms with van der Waals surface area (Å²) in [4.78, 5) is 12.2. The second-order valence-corrected chi connectivity index (χ2v) is 6.34. The van der Waals surface area contributed by atoms with Crippen molar-refractivity contribution in [3.05, 3.63) is 47.5 Å². The normalized spacial score (nSPS) is 24.1. The van der Waals surface area contributed by atoms with Gasteiger partial charge in [-0.05, 0) is 42.7 Å². The predicted octanol–water partition coefficient (Wildman–Crippen LogP) is 4.30. The molecule has 0 saturated heterocycles. The zero-order valence-corrected chi connectivity index (χ0v) is 12.6. The Hall–Kier alpha value is -1.57. The Balaban J connectivity index is 1.66. The van der Waals surface area contributed by atoms with E-state index >= 15 is 0 Å². The lowest BCUT2D eigenvalue weighted by molar-refractivity contribution is -0.147. The quantitative estimate of drug-likeness (QED) is 0.611. The SMILES string of the molecule is O=C1OCC(C2CCCCC2)=CC[C@@H]1Cc1ccccc1. The van der Waals surface area contributed by atoms with Crippen LogP contribution in [0.3, 0.4) is 0 Å². The van der Waals surface area contributed by atoms with Crippen molar-refractivity contribution in [1.82, 2.24) is 0 Å². The number of rotatable bonds is 3. The molecule has 2 aliphatic rings. The van der Waals surface area contributed by atoms with E-state index in [1.165, 1.54) is 43.2 Å². The maximum Gasteiger partial charge on any atom is 0.309 e. The molecular weight excluding hydrogens is 260 g/mol. The Bertz CT molecular complexity index is 498. The summed E-state index contributed by atoms with van der Waals surface area (Å²) in [7, 11) is 0. The summed E-state index contributed by atoms with van der Waals surface area (Å²) in [6.07, 6.45) is 10.5. The molecule has 0 bridgehead atoms. The molecule has 1 aliphatic heterocycles. The number of benzene rings is 1. The minimum atomic E-state index is -0.0269. The van der Waals surface area contributed by atoms with Crippen LogP contribution in [0, 0.1) is 11.8 Å². The lowest BCUT2D eigenvalue weighted by Gasteiger charge is -2.23. The maximum atomic E-state index is 12.2. The Kier molecular flexibility index (Phi) is 4.74. The third-order valence-corrected chi connectivity index (χ3v) is 4.83. The molecule has 2 nitrogen and oxygen atoms in total. The van der Waals surface area contributed by atoms with E-state index in [0.717, 1.165) is 12.8 Å². The molecule has 0 amide bonds. The molecule has 1 aliphatic carbocycles. The van der Waals surface area contributed by atoms with Gasteiger partial charge in [-0.2, -0.15) is 0 Å². The van der Waals surface area contributed by atoms with Crippen molar-refractivity contribution >= 4 is 5.97 Å². The third kappa shape index (κ3) is 3.75. The molecule has 1 heterocycles. The lowest BCUT2D eigenvalue weighted by atomic mass is 9.83. The van der Waals surface area contributed by atoms with Gasteiger partial charge >= 0.3 is 5.97 Å². The summed E-state index contributed by atoms with van der Waals surface area (Å²) in [5, 5.41) is 0. The molecule has 112 valence electrons. The molecule has 21 heavy (non-hydrogen) atoms. The second kappa shape index (κ2) is 6.93. The summed E-state index contributed by atoms with van der Waals surface area (Å²) >= 11 is 0. The van der Waals surface area contributed by atoms with E-state index in [-0.39, 0.29) is 11.9 Å². The van der Waals surface area contributed by atoms with E-state index in [0.29, 0.717) is 12.5 Å². The van der Waals surface area contributed by atoms with Crippen LogP contribution in [0.1, 0.15) is 44.1 Å². The molecular formula is C19H24O2. The highest BCUT2D eigenvalue weighted by molar-refractivity contribution is 5.73. The van der Waals surface area contributed by atoms with Crippen LogP contribution in [-0.2, 0) is 16.0 Å². The van der Waals surface area contributed by atoms with Crippen molar-refractivity contribution in [1.29, 1.82) is 0 Å². The van der Waals surface area contributed by atoms with Gasteiger partial charge in [-0.1, -0.05) is 55.7 Å². The van der Waals surface area contributed by atoms with Gasteiger partial charge in [0.05, 0.1) is 5.92 Å². The topological polar surface area (TPSA) is 26.3 Å². The predicted molar refractivity (Wildman–Crippen MR) is 83.9 cm³/mol. The average Bonchev–Trinajstić information content (AvgIpc) is 2.72. The molecule has 3 rings (SSSR count). The summed E-state index contributed by atoms with van der Waals surface area (Å²) in [5.74, 6) is 0.608. The standard InChI is InChI=1S/C19H24O2/c20-19-17(13-15-7-3-1-4-8-15)11-12-18(14-21-19)16-9-5-2-6-10-16/h1,3-4,7-8,12,16-17H,2,5-6,9-11,13-14H2/t17-/m1/s1. The van der Waals surface area contributed by atoms with Crippen molar-refractivity contribution in [3.8, 4) is 0 Å². The van der Waals surface area contributed by atoms with Gasteiger partial charge in [0.25, 0.3) is 0 Å². The van der Waals surface area contributed by atoms with Gasteiger partial charge in [-0.25, -0.2) is 0 Å². The molecule has 0 N–H and O–H groups in total. The van der Waals surface area contributed by atoms with Crippen LogP contribution in [0.2, 0.25) is 0 Å². The first kappa shape index (κ1) is 14.4. The van der Waals surface area contributed by atoms with E-state index in [9.17, 15) is 4.79 Å². The number of hydrogen-bond donors (Lipinski definition) is 0. The van der Waals surface area contributed by atoms with E-state index in [4.69, 9.17) is 4.74 Å². The van der Waals surface area contributed by atoms with Gasteiger partial charge in [-0.3, -0.25) is 4.79 Å². The van der Waals surface area contributed by atoms with Gasteiger partial charge in [0.2, 0.25) is 0 Å². The summed E-state index contributed by atoms with van der Waals surface area (Å²) < 4.78 is 5.55. The average molecular weight is 284 g/mol. The van der Waals surface area contributed by atoms with Crippen molar-refractivity contribution in [2.24, 2.45) is 11.8 Å². The van der Waals surface area contributed by atoms with Crippen LogP contribution < -0.4 is 0 Å². The van der Waals surface area contributed by atoms with Crippen LogP contribution in [0.25, 0.3) is 0 Å². The van der Waals surface area contributed by atoms with Crippen LogP contribution in [0.5, 0.6) is 0 Å². The number of hydrogen-bond acceptors (Lipinski definition) is 2. The van der Waals surface area contributed by atoms with Crippen LogP contribution in [-0.4, -0.2) is 12.6 Å². The minimum absolute atomic E-state index is 0.0199. The van der Waals surface area contributed by atoms with E-state index in [1.54, 1.807) is 0 Å². The number of carbonyl (C=O) groups excluding carboxylic acids is 1. The lowest BCUT2D eigenvalue weighted by Crippen LogP contribution is -2.19. The fourth-order valence-corrected chi connectivity index (χ4v) is 3.54. The fraction of sp³-hybridized carbons (Fsp3) is 0.526. The highest BCUT2D eigenvalue weighted by Crippen LogP contribution is 2.32. The molecule has 1 aromatic carbocycles. The van der Waals surface area contributed by atoms with Gasteiger partial charge < -0.3 is 4.74 Å². The van der Waals surface area contributed by atoms with Crippen LogP contribution >= 0.6 is 0 Å². The van der Waals surface area contributed by atoms with Crippen LogP contribution in [0.15, 0.2) is 42.0 Å². The number of ether oxygens (including phenoxy) is 1. The first-order valence-electron chi connectivity index (χ1n) is 8.22. The Morgan fingerprint density at radius 1 is 1.05 bits per heavy atom. The number of allylic oxidation sites excluding steroid dienone is 1. The second-order valence-electron chi connectivity index (χ2n) is 6.34. The molecule has 1 atom stereocenters. The summed E-state index contributed by atoms with van der Waals surface area (Å²) in [5.41, 5.74) is 2.59. The van der Waals surface area contributed by atoms with Crippen molar-refractivity contribution < 1.29 is 9.53 Å².